The minimum absolute atomic E-state index is 0.252. The van der Waals surface area contributed by atoms with Gasteiger partial charge in [-0.05, 0) is 38.5 Å². The maximum absolute atomic E-state index is 12.3. The van der Waals surface area contributed by atoms with Crippen LogP contribution >= 0.6 is 23.1 Å². The molecule has 0 atom stereocenters. The lowest BCUT2D eigenvalue weighted by molar-refractivity contribution is -0.145. The van der Waals surface area contributed by atoms with Crippen molar-refractivity contribution in [1.82, 2.24) is 9.97 Å². The van der Waals surface area contributed by atoms with Gasteiger partial charge in [-0.3, -0.25) is 4.79 Å². The molecule has 0 aliphatic carbocycles. The van der Waals surface area contributed by atoms with Crippen molar-refractivity contribution < 1.29 is 14.3 Å². The first-order valence-corrected chi connectivity index (χ1v) is 9.88. The van der Waals surface area contributed by atoms with Gasteiger partial charge in [0.05, 0.1) is 19.1 Å². The lowest BCUT2D eigenvalue weighted by atomic mass is 10.1. The SMILES string of the molecule is CCOC(=O)C(C)(C)Sc1ncnc2scc(-c3ccc(OC)cc3)c12. The molecule has 26 heavy (non-hydrogen) atoms. The highest BCUT2D eigenvalue weighted by Gasteiger charge is 2.32. The Bertz CT molecular complexity index is 920. The summed E-state index contributed by atoms with van der Waals surface area (Å²) in [6.07, 6.45) is 1.54. The fourth-order valence-electron chi connectivity index (χ4n) is 2.50. The molecule has 0 saturated carbocycles. The molecule has 2 heterocycles. The standard InChI is InChI=1S/C19H20N2O3S2/c1-5-24-18(22)19(2,3)26-17-15-14(10-25-16(15)20-11-21-17)12-6-8-13(23-4)9-7-12/h6-11H,5H2,1-4H3. The Morgan fingerprint density at radius 1 is 1.23 bits per heavy atom. The molecule has 0 saturated heterocycles. The predicted molar refractivity (Wildman–Crippen MR) is 106 cm³/mol. The molecule has 7 heteroatoms. The monoisotopic (exact) mass is 388 g/mol. The molecule has 3 aromatic rings. The van der Waals surface area contributed by atoms with Crippen molar-refractivity contribution in [3.05, 3.63) is 36.0 Å². The van der Waals surface area contributed by atoms with E-state index in [0.717, 1.165) is 32.1 Å². The third kappa shape index (κ3) is 3.68. The minimum atomic E-state index is -0.740. The first-order chi connectivity index (χ1) is 12.5. The Kier molecular flexibility index (Phi) is 5.48. The van der Waals surface area contributed by atoms with E-state index in [9.17, 15) is 4.79 Å². The summed E-state index contributed by atoms with van der Waals surface area (Å²) < 4.78 is 9.69. The third-order valence-electron chi connectivity index (χ3n) is 3.86. The summed E-state index contributed by atoms with van der Waals surface area (Å²) >= 11 is 2.97. The third-order valence-corrected chi connectivity index (χ3v) is 5.92. The second-order valence-electron chi connectivity index (χ2n) is 6.07. The number of nitrogens with zero attached hydrogens (tertiary/aromatic N) is 2. The van der Waals surface area contributed by atoms with Crippen LogP contribution in [0.3, 0.4) is 0 Å². The molecule has 0 N–H and O–H groups in total. The Balaban J connectivity index is 2.04. The van der Waals surface area contributed by atoms with Crippen LogP contribution in [0.5, 0.6) is 5.75 Å². The number of carbonyl (C=O) groups is 1. The average molecular weight is 389 g/mol. The van der Waals surface area contributed by atoms with E-state index >= 15 is 0 Å². The molecule has 0 bridgehead atoms. The van der Waals surface area contributed by atoms with Crippen LogP contribution in [-0.2, 0) is 9.53 Å². The van der Waals surface area contributed by atoms with Crippen LogP contribution in [0, 0.1) is 0 Å². The Labute approximate surface area is 160 Å². The molecule has 0 spiro atoms. The summed E-state index contributed by atoms with van der Waals surface area (Å²) in [6, 6.07) is 7.88. The minimum Gasteiger partial charge on any atom is -0.497 e. The predicted octanol–water partition coefficient (Wildman–Crippen LogP) is 4.80. The van der Waals surface area contributed by atoms with Gasteiger partial charge in [0.1, 0.15) is 26.7 Å². The lowest BCUT2D eigenvalue weighted by Gasteiger charge is -2.21. The normalized spacial score (nSPS) is 11.5. The topological polar surface area (TPSA) is 61.3 Å². The second kappa shape index (κ2) is 7.63. The maximum Gasteiger partial charge on any atom is 0.322 e. The molecular formula is C19H20N2O3S2. The number of benzene rings is 1. The number of carbonyl (C=O) groups excluding carboxylic acids is 1. The van der Waals surface area contributed by atoms with E-state index in [4.69, 9.17) is 9.47 Å². The molecule has 0 radical (unpaired) electrons. The Morgan fingerprint density at radius 3 is 2.62 bits per heavy atom. The van der Waals surface area contributed by atoms with Gasteiger partial charge in [0.25, 0.3) is 0 Å². The highest BCUT2D eigenvalue weighted by molar-refractivity contribution is 8.01. The lowest BCUT2D eigenvalue weighted by Crippen LogP contribution is -2.30. The van der Waals surface area contributed by atoms with Gasteiger partial charge in [0, 0.05) is 10.9 Å². The fraction of sp³-hybridized carbons (Fsp3) is 0.316. The van der Waals surface area contributed by atoms with Crippen LogP contribution in [0.1, 0.15) is 20.8 Å². The van der Waals surface area contributed by atoms with E-state index in [-0.39, 0.29) is 5.97 Å². The summed E-state index contributed by atoms with van der Waals surface area (Å²) in [7, 11) is 1.65. The Hall–Kier alpha value is -2.12. The summed E-state index contributed by atoms with van der Waals surface area (Å²) in [4.78, 5) is 22.0. The van der Waals surface area contributed by atoms with Crippen molar-refractivity contribution in [3.8, 4) is 16.9 Å². The highest BCUT2D eigenvalue weighted by atomic mass is 32.2. The van der Waals surface area contributed by atoms with Crippen LogP contribution in [-0.4, -0.2) is 34.4 Å². The summed E-state index contributed by atoms with van der Waals surface area (Å²) in [5, 5.41) is 3.81. The zero-order chi connectivity index (χ0) is 18.7. The number of thiophene rings is 1. The molecule has 0 unspecified atom stereocenters. The Morgan fingerprint density at radius 2 is 1.96 bits per heavy atom. The van der Waals surface area contributed by atoms with Gasteiger partial charge in [-0.2, -0.15) is 0 Å². The quantitative estimate of drug-likeness (QED) is 0.343. The van der Waals surface area contributed by atoms with Crippen LogP contribution < -0.4 is 4.74 Å². The van der Waals surface area contributed by atoms with Gasteiger partial charge in [-0.1, -0.05) is 23.9 Å². The summed E-state index contributed by atoms with van der Waals surface area (Å²) in [6.45, 7) is 5.87. The number of methoxy groups -OCH3 is 1. The van der Waals surface area contributed by atoms with Crippen LogP contribution in [0.25, 0.3) is 21.3 Å². The first-order valence-electron chi connectivity index (χ1n) is 8.19. The zero-order valence-electron chi connectivity index (χ0n) is 15.1. The highest BCUT2D eigenvalue weighted by Crippen LogP contribution is 2.42. The van der Waals surface area contributed by atoms with E-state index < -0.39 is 4.75 Å². The number of hydrogen-bond acceptors (Lipinski definition) is 7. The zero-order valence-corrected chi connectivity index (χ0v) is 16.7. The van der Waals surface area contributed by atoms with E-state index in [2.05, 4.69) is 15.3 Å². The number of ether oxygens (including phenoxy) is 2. The van der Waals surface area contributed by atoms with Crippen molar-refractivity contribution in [2.45, 2.75) is 30.5 Å². The van der Waals surface area contributed by atoms with Crippen molar-refractivity contribution in [2.75, 3.05) is 13.7 Å². The van der Waals surface area contributed by atoms with Crippen molar-refractivity contribution in [2.24, 2.45) is 0 Å². The van der Waals surface area contributed by atoms with Gasteiger partial charge in [0.2, 0.25) is 0 Å². The van der Waals surface area contributed by atoms with E-state index in [1.54, 1.807) is 24.8 Å². The molecular weight excluding hydrogens is 368 g/mol. The molecule has 2 aromatic heterocycles. The van der Waals surface area contributed by atoms with Gasteiger partial charge >= 0.3 is 5.97 Å². The second-order valence-corrected chi connectivity index (χ2v) is 8.54. The largest absolute Gasteiger partial charge is 0.497 e. The van der Waals surface area contributed by atoms with Crippen LogP contribution in [0.15, 0.2) is 41.0 Å². The maximum atomic E-state index is 12.3. The molecule has 0 amide bonds. The smallest absolute Gasteiger partial charge is 0.322 e. The summed E-state index contributed by atoms with van der Waals surface area (Å²) in [5.41, 5.74) is 2.11. The van der Waals surface area contributed by atoms with E-state index in [0.29, 0.717) is 6.61 Å². The molecule has 3 rings (SSSR count). The van der Waals surface area contributed by atoms with Crippen LogP contribution in [0.4, 0.5) is 0 Å². The number of aromatic nitrogens is 2. The van der Waals surface area contributed by atoms with Crippen molar-refractivity contribution in [1.29, 1.82) is 0 Å². The number of esters is 1. The molecule has 0 aliphatic rings. The number of thioether (sulfide) groups is 1. The summed E-state index contributed by atoms with van der Waals surface area (Å²) in [5.74, 6) is 0.556. The van der Waals surface area contributed by atoms with E-state index in [1.807, 2.05) is 45.0 Å². The molecule has 0 fully saturated rings. The van der Waals surface area contributed by atoms with Gasteiger partial charge < -0.3 is 9.47 Å². The average Bonchev–Trinajstić information content (AvgIpc) is 3.07. The van der Waals surface area contributed by atoms with Crippen molar-refractivity contribution in [3.63, 3.8) is 0 Å². The van der Waals surface area contributed by atoms with Gasteiger partial charge in [0.15, 0.2) is 0 Å². The fourth-order valence-corrected chi connectivity index (χ4v) is 4.51. The first kappa shape index (κ1) is 18.7. The number of hydrogen-bond donors (Lipinski definition) is 0. The molecule has 0 aliphatic heterocycles. The number of fused-ring (bicyclic) bond motifs is 1. The molecule has 1 aromatic carbocycles. The van der Waals surface area contributed by atoms with Crippen molar-refractivity contribution >= 4 is 39.3 Å². The van der Waals surface area contributed by atoms with Crippen LogP contribution in [0.2, 0.25) is 0 Å². The van der Waals surface area contributed by atoms with Gasteiger partial charge in [-0.15, -0.1) is 11.3 Å². The molecule has 5 nitrogen and oxygen atoms in total. The number of rotatable bonds is 6. The van der Waals surface area contributed by atoms with E-state index in [1.165, 1.54) is 11.8 Å². The van der Waals surface area contributed by atoms with Gasteiger partial charge in [-0.25, -0.2) is 9.97 Å². The molecule has 136 valence electrons.